The van der Waals surface area contributed by atoms with Gasteiger partial charge in [-0.2, -0.15) is 0 Å². The average Bonchev–Trinajstić information content (AvgIpc) is 2.36. The van der Waals surface area contributed by atoms with Crippen LogP contribution >= 0.6 is 24.8 Å². The SMILES string of the molecule is Cl.Cl.Nc1nc[nH]c2ccnc1-2. The number of halogens is 2. The number of aromatic amines is 1. The maximum Gasteiger partial charge on any atom is 0.153 e. The normalized spacial score (nSPS) is 8.67. The molecule has 0 aromatic carbocycles. The molecule has 0 saturated carbocycles. The van der Waals surface area contributed by atoms with Crippen LogP contribution in [0.2, 0.25) is 0 Å². The summed E-state index contributed by atoms with van der Waals surface area (Å²) in [6.45, 7) is 0. The van der Waals surface area contributed by atoms with Crippen LogP contribution in [0.3, 0.4) is 0 Å². The fourth-order valence-corrected chi connectivity index (χ4v) is 0.888. The highest BCUT2D eigenvalue weighted by Crippen LogP contribution is 2.19. The number of nitrogen functional groups attached to an aromatic ring is 1. The molecule has 0 aromatic rings. The first kappa shape index (κ1) is 11.0. The Balaban J connectivity index is 0.000000605. The van der Waals surface area contributed by atoms with Crippen molar-refractivity contribution in [2.45, 2.75) is 0 Å². The Bertz CT molecular complexity index is 321. The van der Waals surface area contributed by atoms with E-state index in [1.807, 2.05) is 6.07 Å². The van der Waals surface area contributed by atoms with Crippen LogP contribution in [0.5, 0.6) is 0 Å². The van der Waals surface area contributed by atoms with Crippen LogP contribution < -0.4 is 5.73 Å². The summed E-state index contributed by atoms with van der Waals surface area (Å²) < 4.78 is 0. The van der Waals surface area contributed by atoms with Crippen LogP contribution in [-0.4, -0.2) is 15.0 Å². The maximum atomic E-state index is 5.51. The molecule has 12 heavy (non-hydrogen) atoms. The van der Waals surface area contributed by atoms with Gasteiger partial charge in [0.2, 0.25) is 0 Å². The van der Waals surface area contributed by atoms with Crippen molar-refractivity contribution in [2.75, 3.05) is 5.73 Å². The standard InChI is InChI=1S/C6H6N4.2ClH/c7-6-5-4(1-2-8-5)9-3-10-6;;/h1-3H,7H2,(H,9,10);2*1H. The highest BCUT2D eigenvalue weighted by molar-refractivity contribution is 5.85. The van der Waals surface area contributed by atoms with E-state index in [9.17, 15) is 0 Å². The van der Waals surface area contributed by atoms with E-state index in [2.05, 4.69) is 15.0 Å². The highest BCUT2D eigenvalue weighted by Gasteiger charge is 2.06. The van der Waals surface area contributed by atoms with Gasteiger partial charge in [0.05, 0.1) is 12.0 Å². The van der Waals surface area contributed by atoms with Gasteiger partial charge in [-0.1, -0.05) is 0 Å². The predicted molar refractivity (Wildman–Crippen MR) is 51.9 cm³/mol. The lowest BCUT2D eigenvalue weighted by molar-refractivity contribution is 1.16. The third-order valence-electron chi connectivity index (χ3n) is 1.37. The second-order valence-electron chi connectivity index (χ2n) is 1.99. The minimum Gasteiger partial charge on any atom is -0.382 e. The molecule has 0 saturated heterocycles. The van der Waals surface area contributed by atoms with E-state index in [4.69, 9.17) is 5.73 Å². The summed E-state index contributed by atoms with van der Waals surface area (Å²) in [4.78, 5) is 10.8. The largest absolute Gasteiger partial charge is 0.382 e. The van der Waals surface area contributed by atoms with Crippen molar-refractivity contribution in [3.8, 4) is 11.4 Å². The molecule has 6 heteroatoms. The van der Waals surface area contributed by atoms with Crippen LogP contribution in [0, 0.1) is 0 Å². The van der Waals surface area contributed by atoms with Gasteiger partial charge in [-0.25, -0.2) is 4.98 Å². The van der Waals surface area contributed by atoms with Crippen molar-refractivity contribution in [2.24, 2.45) is 0 Å². The van der Waals surface area contributed by atoms with Crippen molar-refractivity contribution >= 4 is 30.6 Å². The molecule has 0 spiro atoms. The summed E-state index contributed by atoms with van der Waals surface area (Å²) in [6.07, 6.45) is 3.25. The van der Waals surface area contributed by atoms with E-state index in [0.717, 1.165) is 11.4 Å². The van der Waals surface area contributed by atoms with Crippen molar-refractivity contribution < 1.29 is 0 Å². The highest BCUT2D eigenvalue weighted by atomic mass is 35.5. The van der Waals surface area contributed by atoms with Gasteiger partial charge in [0.25, 0.3) is 0 Å². The summed E-state index contributed by atoms with van der Waals surface area (Å²) in [6, 6.07) is 1.85. The second-order valence-corrected chi connectivity index (χ2v) is 1.99. The number of anilines is 1. The number of rotatable bonds is 0. The van der Waals surface area contributed by atoms with Gasteiger partial charge in [0.1, 0.15) is 5.69 Å². The van der Waals surface area contributed by atoms with Crippen LogP contribution in [-0.2, 0) is 0 Å². The maximum absolute atomic E-state index is 5.51. The molecule has 0 radical (unpaired) electrons. The number of H-pyrrole nitrogens is 1. The zero-order valence-corrected chi connectivity index (χ0v) is 7.65. The molecular weight excluding hydrogens is 199 g/mol. The Morgan fingerprint density at radius 3 is 2.67 bits per heavy atom. The monoisotopic (exact) mass is 206 g/mol. The van der Waals surface area contributed by atoms with E-state index in [1.54, 1.807) is 12.5 Å². The van der Waals surface area contributed by atoms with E-state index >= 15 is 0 Å². The molecule has 66 valence electrons. The molecule has 0 aromatic heterocycles. The number of hydrogen-bond donors (Lipinski definition) is 2. The second kappa shape index (κ2) is 4.13. The van der Waals surface area contributed by atoms with Crippen LogP contribution in [0.25, 0.3) is 11.4 Å². The lowest BCUT2D eigenvalue weighted by Gasteiger charge is -1.97. The number of fused-ring (bicyclic) bond motifs is 1. The third kappa shape index (κ3) is 1.60. The molecule has 4 nitrogen and oxygen atoms in total. The summed E-state index contributed by atoms with van der Waals surface area (Å²) in [5.41, 5.74) is 7.17. The van der Waals surface area contributed by atoms with Crippen LogP contribution in [0.4, 0.5) is 5.82 Å². The molecule has 2 heterocycles. The Hall–Kier alpha value is -1.00. The minimum atomic E-state index is 0. The van der Waals surface area contributed by atoms with Gasteiger partial charge < -0.3 is 10.7 Å². The first-order valence-corrected chi connectivity index (χ1v) is 2.91. The molecule has 0 fully saturated rings. The number of aromatic nitrogens is 3. The van der Waals surface area contributed by atoms with E-state index in [-0.39, 0.29) is 24.8 Å². The molecule has 2 aliphatic heterocycles. The number of nitrogens with zero attached hydrogens (tertiary/aromatic N) is 2. The van der Waals surface area contributed by atoms with Gasteiger partial charge in [0.15, 0.2) is 5.82 Å². The molecule has 2 rings (SSSR count). The van der Waals surface area contributed by atoms with Gasteiger partial charge in [-0.15, -0.1) is 24.8 Å². The summed E-state index contributed by atoms with van der Waals surface area (Å²) in [7, 11) is 0. The molecule has 3 N–H and O–H groups in total. The fourth-order valence-electron chi connectivity index (χ4n) is 0.888. The van der Waals surface area contributed by atoms with Crippen molar-refractivity contribution in [3.05, 3.63) is 18.6 Å². The van der Waals surface area contributed by atoms with Gasteiger partial charge in [-0.3, -0.25) is 4.98 Å². The van der Waals surface area contributed by atoms with Gasteiger partial charge in [0, 0.05) is 6.20 Å². The topological polar surface area (TPSA) is 67.6 Å². The zero-order chi connectivity index (χ0) is 6.97. The molecule has 2 aliphatic rings. The average molecular weight is 207 g/mol. The Kier molecular flexibility index (Phi) is 3.79. The summed E-state index contributed by atoms with van der Waals surface area (Å²) in [5, 5.41) is 0. The number of nitrogens with one attached hydrogen (secondary N) is 1. The lowest BCUT2D eigenvalue weighted by atomic mass is 10.3. The van der Waals surface area contributed by atoms with Crippen molar-refractivity contribution in [1.82, 2.24) is 15.0 Å². The van der Waals surface area contributed by atoms with E-state index in [1.165, 1.54) is 0 Å². The molecular formula is C6H8Cl2N4. The molecule has 0 aliphatic carbocycles. The molecule has 0 atom stereocenters. The number of hydrogen-bond acceptors (Lipinski definition) is 3. The summed E-state index contributed by atoms with van der Waals surface area (Å²) in [5.74, 6) is 0.471. The lowest BCUT2D eigenvalue weighted by Crippen LogP contribution is -1.95. The van der Waals surface area contributed by atoms with Crippen LogP contribution in [0.1, 0.15) is 0 Å². The Labute approximate surface area is 81.8 Å². The first-order chi connectivity index (χ1) is 4.88. The predicted octanol–water partition coefficient (Wildman–Crippen LogP) is 1.34. The summed E-state index contributed by atoms with van der Waals surface area (Å²) >= 11 is 0. The number of nitrogens with two attached hydrogens (primary N) is 1. The zero-order valence-electron chi connectivity index (χ0n) is 6.02. The quantitative estimate of drug-likeness (QED) is 0.684. The molecule has 0 unspecified atom stereocenters. The minimum absolute atomic E-state index is 0. The van der Waals surface area contributed by atoms with Crippen molar-refractivity contribution in [1.29, 1.82) is 0 Å². The van der Waals surface area contributed by atoms with Crippen LogP contribution in [0.15, 0.2) is 18.6 Å². The van der Waals surface area contributed by atoms with E-state index < -0.39 is 0 Å². The molecule has 0 bridgehead atoms. The molecule has 0 amide bonds. The van der Waals surface area contributed by atoms with E-state index in [0.29, 0.717) is 5.82 Å². The Morgan fingerprint density at radius 1 is 1.25 bits per heavy atom. The first-order valence-electron chi connectivity index (χ1n) is 2.91. The smallest absolute Gasteiger partial charge is 0.153 e. The third-order valence-corrected chi connectivity index (χ3v) is 1.37. The van der Waals surface area contributed by atoms with Gasteiger partial charge in [-0.05, 0) is 6.07 Å². The van der Waals surface area contributed by atoms with Crippen molar-refractivity contribution in [3.63, 3.8) is 0 Å². The van der Waals surface area contributed by atoms with Gasteiger partial charge >= 0.3 is 0 Å². The Morgan fingerprint density at radius 2 is 2.00 bits per heavy atom. The fraction of sp³-hybridized carbons (Fsp3) is 0.